The van der Waals surface area contributed by atoms with E-state index in [2.05, 4.69) is 59.0 Å². The molecule has 5 heteroatoms. The summed E-state index contributed by atoms with van der Waals surface area (Å²) in [5, 5.41) is 0.141. The van der Waals surface area contributed by atoms with Gasteiger partial charge in [0.2, 0.25) is 0 Å². The van der Waals surface area contributed by atoms with E-state index in [9.17, 15) is 4.79 Å². The van der Waals surface area contributed by atoms with Crippen molar-refractivity contribution in [1.29, 1.82) is 0 Å². The maximum atomic E-state index is 13.0. The number of fused-ring (bicyclic) bond motifs is 1. The molecule has 0 N–H and O–H groups in total. The van der Waals surface area contributed by atoms with Gasteiger partial charge in [0, 0.05) is 0 Å². The van der Waals surface area contributed by atoms with Gasteiger partial charge in [0.05, 0.1) is 18.7 Å². The molecule has 1 amide bonds. The Kier molecular flexibility index (Phi) is 6.17. The maximum absolute atomic E-state index is 13.0. The molecule has 0 aromatic heterocycles. The zero-order chi connectivity index (χ0) is 20.6. The molecule has 4 nitrogen and oxygen atoms in total. The van der Waals surface area contributed by atoms with E-state index in [0.29, 0.717) is 6.61 Å². The Bertz CT molecular complexity index is 673. The van der Waals surface area contributed by atoms with Gasteiger partial charge in [-0.3, -0.25) is 4.90 Å². The molecule has 0 bridgehead atoms. The zero-order valence-corrected chi connectivity index (χ0v) is 19.6. The molecule has 27 heavy (non-hydrogen) atoms. The molecule has 0 radical (unpaired) electrons. The van der Waals surface area contributed by atoms with Crippen LogP contribution in [-0.4, -0.2) is 37.6 Å². The van der Waals surface area contributed by atoms with Gasteiger partial charge in [0.15, 0.2) is 8.32 Å². The van der Waals surface area contributed by atoms with E-state index in [-0.39, 0.29) is 23.2 Å². The Hall–Kier alpha value is -1.33. The molecule has 1 aliphatic heterocycles. The van der Waals surface area contributed by atoms with E-state index < -0.39 is 13.9 Å². The van der Waals surface area contributed by atoms with Crippen LogP contribution in [0.5, 0.6) is 0 Å². The first-order chi connectivity index (χ1) is 12.2. The van der Waals surface area contributed by atoms with Gasteiger partial charge in [0.25, 0.3) is 0 Å². The second-order valence-corrected chi connectivity index (χ2v) is 15.0. The van der Waals surface area contributed by atoms with Crippen molar-refractivity contribution in [2.24, 2.45) is 0 Å². The molecule has 152 valence electrons. The minimum absolute atomic E-state index is 0.0149. The van der Waals surface area contributed by atoms with Crippen molar-refractivity contribution in [2.45, 2.75) is 90.7 Å². The standard InChI is InChI=1S/C22H37NO3Si/c1-16-19-13-11-10-12-17(19)14-18(15-25-27(8,9)22(5,6)7)23(16)20(24)26-21(2,3)4/h10-13,16,18H,14-15H2,1-9H3/t16-,18+/m1/s1. The maximum Gasteiger partial charge on any atom is 0.411 e. The molecular formula is C22H37NO3Si. The Balaban J connectivity index is 2.29. The fourth-order valence-electron chi connectivity index (χ4n) is 3.23. The van der Waals surface area contributed by atoms with Crippen LogP contribution < -0.4 is 0 Å². The number of benzene rings is 1. The van der Waals surface area contributed by atoms with Gasteiger partial charge < -0.3 is 9.16 Å². The van der Waals surface area contributed by atoms with Crippen molar-refractivity contribution in [2.75, 3.05) is 6.61 Å². The largest absolute Gasteiger partial charge is 0.444 e. The lowest BCUT2D eigenvalue weighted by atomic mass is 9.89. The van der Waals surface area contributed by atoms with E-state index in [0.717, 1.165) is 6.42 Å². The minimum Gasteiger partial charge on any atom is -0.444 e. The molecular weight excluding hydrogens is 354 g/mol. The number of rotatable bonds is 3. The third-order valence-corrected chi connectivity index (χ3v) is 10.3. The fraction of sp³-hybridized carbons (Fsp3) is 0.682. The lowest BCUT2D eigenvalue weighted by molar-refractivity contribution is -0.00364. The van der Waals surface area contributed by atoms with Crippen LogP contribution in [-0.2, 0) is 15.6 Å². The summed E-state index contributed by atoms with van der Waals surface area (Å²) in [5.74, 6) is 0. The average Bonchev–Trinajstić information content (AvgIpc) is 2.50. The SMILES string of the molecule is C[C@@H]1c2ccccc2C[C@@H](CO[Si](C)(C)C(C)(C)C)N1C(=O)OC(C)(C)C. The number of carbonyl (C=O) groups is 1. The number of nitrogens with zero attached hydrogens (tertiary/aromatic N) is 1. The fourth-order valence-corrected chi connectivity index (χ4v) is 4.27. The van der Waals surface area contributed by atoms with Crippen LogP contribution in [0.1, 0.15) is 65.6 Å². The van der Waals surface area contributed by atoms with Crippen LogP contribution in [0.15, 0.2) is 24.3 Å². The quantitative estimate of drug-likeness (QED) is 0.599. The molecule has 0 unspecified atom stereocenters. The lowest BCUT2D eigenvalue weighted by Gasteiger charge is -2.44. The van der Waals surface area contributed by atoms with Crippen molar-refractivity contribution in [3.8, 4) is 0 Å². The Morgan fingerprint density at radius 1 is 1.15 bits per heavy atom. The summed E-state index contributed by atoms with van der Waals surface area (Å²) < 4.78 is 12.2. The van der Waals surface area contributed by atoms with E-state index in [1.54, 1.807) is 0 Å². The second kappa shape index (κ2) is 7.59. The normalized spacial score (nSPS) is 21.0. The van der Waals surface area contributed by atoms with E-state index in [4.69, 9.17) is 9.16 Å². The molecule has 1 aromatic rings. The minimum atomic E-state index is -1.89. The van der Waals surface area contributed by atoms with Gasteiger partial charge in [-0.25, -0.2) is 4.79 Å². The van der Waals surface area contributed by atoms with Gasteiger partial charge in [-0.15, -0.1) is 0 Å². The summed E-state index contributed by atoms with van der Waals surface area (Å²) in [6.45, 7) is 19.6. The Labute approximate surface area is 166 Å². The van der Waals surface area contributed by atoms with Gasteiger partial charge in [0.1, 0.15) is 5.60 Å². The molecule has 1 aliphatic rings. The highest BCUT2D eigenvalue weighted by Gasteiger charge is 2.41. The van der Waals surface area contributed by atoms with Crippen LogP contribution in [0.25, 0.3) is 0 Å². The summed E-state index contributed by atoms with van der Waals surface area (Å²) in [6, 6.07) is 8.34. The molecule has 0 saturated heterocycles. The Morgan fingerprint density at radius 3 is 2.30 bits per heavy atom. The molecule has 0 aliphatic carbocycles. The highest BCUT2D eigenvalue weighted by Crippen LogP contribution is 2.38. The monoisotopic (exact) mass is 391 g/mol. The average molecular weight is 392 g/mol. The van der Waals surface area contributed by atoms with E-state index in [1.807, 2.05) is 31.7 Å². The second-order valence-electron chi connectivity index (χ2n) is 10.2. The molecule has 1 aromatic carbocycles. The summed E-state index contributed by atoms with van der Waals surface area (Å²) >= 11 is 0. The van der Waals surface area contributed by atoms with Crippen LogP contribution in [0.4, 0.5) is 4.79 Å². The van der Waals surface area contributed by atoms with Crippen molar-refractivity contribution >= 4 is 14.4 Å². The van der Waals surface area contributed by atoms with Crippen molar-refractivity contribution in [3.05, 3.63) is 35.4 Å². The van der Waals surface area contributed by atoms with Crippen LogP contribution >= 0.6 is 0 Å². The molecule has 0 fully saturated rings. The predicted octanol–water partition coefficient (Wildman–Crippen LogP) is 5.93. The first-order valence-electron chi connectivity index (χ1n) is 9.96. The zero-order valence-electron chi connectivity index (χ0n) is 18.6. The van der Waals surface area contributed by atoms with Crippen LogP contribution in [0.3, 0.4) is 0 Å². The van der Waals surface area contributed by atoms with Crippen LogP contribution in [0, 0.1) is 0 Å². The van der Waals surface area contributed by atoms with Crippen molar-refractivity contribution < 1.29 is 14.0 Å². The van der Waals surface area contributed by atoms with E-state index >= 15 is 0 Å². The summed E-state index contributed by atoms with van der Waals surface area (Å²) in [6.07, 6.45) is 0.544. The Morgan fingerprint density at radius 2 is 1.74 bits per heavy atom. The van der Waals surface area contributed by atoms with Crippen LogP contribution in [0.2, 0.25) is 18.1 Å². The number of amides is 1. The smallest absolute Gasteiger partial charge is 0.411 e. The first-order valence-corrected chi connectivity index (χ1v) is 12.9. The number of carbonyl (C=O) groups excluding carboxylic acids is 1. The summed E-state index contributed by atoms with van der Waals surface area (Å²) in [5.41, 5.74) is 1.99. The van der Waals surface area contributed by atoms with Crippen molar-refractivity contribution in [3.63, 3.8) is 0 Å². The highest BCUT2D eigenvalue weighted by molar-refractivity contribution is 6.74. The number of hydrogen-bond donors (Lipinski definition) is 0. The van der Waals surface area contributed by atoms with Crippen molar-refractivity contribution in [1.82, 2.24) is 4.90 Å². The third-order valence-electron chi connectivity index (χ3n) is 5.82. The first kappa shape index (κ1) is 22.0. The molecule has 1 heterocycles. The molecule has 2 atom stereocenters. The van der Waals surface area contributed by atoms with Gasteiger partial charge in [-0.2, -0.15) is 0 Å². The number of hydrogen-bond acceptors (Lipinski definition) is 3. The van der Waals surface area contributed by atoms with E-state index in [1.165, 1.54) is 11.1 Å². The highest BCUT2D eigenvalue weighted by atomic mass is 28.4. The topological polar surface area (TPSA) is 38.8 Å². The lowest BCUT2D eigenvalue weighted by Crippen LogP contribution is -2.52. The molecule has 2 rings (SSSR count). The molecule has 0 saturated carbocycles. The van der Waals surface area contributed by atoms with Gasteiger partial charge >= 0.3 is 6.09 Å². The number of ether oxygens (including phenoxy) is 1. The third kappa shape index (κ3) is 5.14. The van der Waals surface area contributed by atoms with Gasteiger partial charge in [-0.1, -0.05) is 45.0 Å². The van der Waals surface area contributed by atoms with Gasteiger partial charge in [-0.05, 0) is 63.4 Å². The summed E-state index contributed by atoms with van der Waals surface area (Å²) in [7, 11) is -1.89. The predicted molar refractivity (Wildman–Crippen MR) is 114 cm³/mol. The summed E-state index contributed by atoms with van der Waals surface area (Å²) in [4.78, 5) is 14.9. The molecule has 0 spiro atoms.